The Morgan fingerprint density at radius 2 is 2.05 bits per heavy atom. The van der Waals surface area contributed by atoms with Crippen molar-refractivity contribution in [3.8, 4) is 0 Å². The van der Waals surface area contributed by atoms with Crippen molar-refractivity contribution < 1.29 is 14.3 Å². The number of primary amides is 1. The Labute approximate surface area is 116 Å². The summed E-state index contributed by atoms with van der Waals surface area (Å²) in [5.41, 5.74) is 5.27. The summed E-state index contributed by atoms with van der Waals surface area (Å²) in [4.78, 5) is 23.0. The first-order valence-corrected chi connectivity index (χ1v) is 6.29. The number of benzene rings is 1. The molecule has 0 saturated carbocycles. The number of hydrogen-bond donors (Lipinski definition) is 2. The summed E-state index contributed by atoms with van der Waals surface area (Å²) in [6.07, 6.45) is 0.251. The van der Waals surface area contributed by atoms with Crippen LogP contribution in [0, 0.1) is 0 Å². The molecule has 1 aromatic carbocycles. The Balaban J connectivity index is 1.97. The maximum atomic E-state index is 12.0. The molecule has 102 valence electrons. The molecule has 1 heterocycles. The lowest BCUT2D eigenvalue weighted by atomic mass is 9.92. The van der Waals surface area contributed by atoms with E-state index in [1.54, 1.807) is 18.2 Å². The molecule has 0 radical (unpaired) electrons. The van der Waals surface area contributed by atoms with Gasteiger partial charge in [0.05, 0.1) is 31.6 Å². The Hall–Kier alpha value is -1.59. The maximum absolute atomic E-state index is 12.0. The van der Waals surface area contributed by atoms with Crippen LogP contribution >= 0.6 is 11.6 Å². The Bertz CT molecular complexity index is 500. The predicted octanol–water partition coefficient (Wildman–Crippen LogP) is 0.643. The van der Waals surface area contributed by atoms with E-state index in [-0.39, 0.29) is 18.7 Å². The lowest BCUT2D eigenvalue weighted by Crippen LogP contribution is -2.63. The van der Waals surface area contributed by atoms with Crippen molar-refractivity contribution in [2.75, 3.05) is 13.2 Å². The van der Waals surface area contributed by atoms with E-state index in [0.717, 1.165) is 5.56 Å². The molecule has 19 heavy (non-hydrogen) atoms. The fourth-order valence-corrected chi connectivity index (χ4v) is 2.26. The van der Waals surface area contributed by atoms with Gasteiger partial charge in [-0.3, -0.25) is 9.59 Å². The van der Waals surface area contributed by atoms with Gasteiger partial charge in [0.15, 0.2) is 0 Å². The van der Waals surface area contributed by atoms with Gasteiger partial charge < -0.3 is 15.8 Å². The number of carbonyl (C=O) groups is 2. The molecule has 5 nitrogen and oxygen atoms in total. The molecule has 1 aliphatic heterocycles. The lowest BCUT2D eigenvalue weighted by Gasteiger charge is -2.41. The molecule has 1 aromatic rings. The summed E-state index contributed by atoms with van der Waals surface area (Å²) in [6, 6.07) is 7.15. The van der Waals surface area contributed by atoms with Gasteiger partial charge in [0.1, 0.15) is 0 Å². The van der Waals surface area contributed by atoms with Crippen molar-refractivity contribution in [3.63, 3.8) is 0 Å². The number of hydrogen-bond acceptors (Lipinski definition) is 3. The fraction of sp³-hybridized carbons (Fsp3) is 0.385. The molecule has 1 fully saturated rings. The van der Waals surface area contributed by atoms with E-state index in [9.17, 15) is 9.59 Å². The van der Waals surface area contributed by atoms with Gasteiger partial charge in [-0.2, -0.15) is 0 Å². The highest BCUT2D eigenvalue weighted by molar-refractivity contribution is 6.31. The van der Waals surface area contributed by atoms with E-state index in [1.165, 1.54) is 0 Å². The summed E-state index contributed by atoms with van der Waals surface area (Å²) in [6.45, 7) is 0.619. The minimum Gasteiger partial charge on any atom is -0.376 e. The lowest BCUT2D eigenvalue weighted by molar-refractivity contribution is -0.137. The average molecular weight is 283 g/mol. The molecule has 0 bridgehead atoms. The smallest absolute Gasteiger partial charge is 0.225 e. The van der Waals surface area contributed by atoms with Gasteiger partial charge in [-0.25, -0.2) is 0 Å². The van der Waals surface area contributed by atoms with Gasteiger partial charge in [0.2, 0.25) is 11.8 Å². The van der Waals surface area contributed by atoms with Crippen molar-refractivity contribution in [1.82, 2.24) is 5.32 Å². The van der Waals surface area contributed by atoms with Gasteiger partial charge in [-0.05, 0) is 11.6 Å². The molecule has 0 aromatic heterocycles. The van der Waals surface area contributed by atoms with Crippen LogP contribution in [0.5, 0.6) is 0 Å². The van der Waals surface area contributed by atoms with Crippen molar-refractivity contribution >= 4 is 23.4 Å². The van der Waals surface area contributed by atoms with Crippen molar-refractivity contribution in [3.05, 3.63) is 34.9 Å². The van der Waals surface area contributed by atoms with Crippen molar-refractivity contribution in [2.45, 2.75) is 18.4 Å². The average Bonchev–Trinajstić information content (AvgIpc) is 2.28. The third-order valence-electron chi connectivity index (χ3n) is 2.98. The normalized spacial score (nSPS) is 16.5. The molecule has 0 atom stereocenters. The topological polar surface area (TPSA) is 81.4 Å². The second-order valence-corrected chi connectivity index (χ2v) is 5.14. The van der Waals surface area contributed by atoms with E-state index >= 15 is 0 Å². The van der Waals surface area contributed by atoms with Crippen LogP contribution in [0.3, 0.4) is 0 Å². The number of nitrogens with one attached hydrogen (secondary N) is 1. The van der Waals surface area contributed by atoms with Crippen LogP contribution < -0.4 is 11.1 Å². The zero-order valence-electron chi connectivity index (χ0n) is 10.3. The predicted molar refractivity (Wildman–Crippen MR) is 70.7 cm³/mol. The summed E-state index contributed by atoms with van der Waals surface area (Å²) >= 11 is 5.99. The van der Waals surface area contributed by atoms with Crippen LogP contribution in [-0.4, -0.2) is 30.6 Å². The highest BCUT2D eigenvalue weighted by Crippen LogP contribution is 2.22. The Kier molecular flexibility index (Phi) is 4.07. The number of ether oxygens (including phenoxy) is 1. The molecule has 1 aliphatic rings. The van der Waals surface area contributed by atoms with Gasteiger partial charge >= 0.3 is 0 Å². The zero-order valence-corrected chi connectivity index (χ0v) is 11.1. The minimum atomic E-state index is -0.649. The van der Waals surface area contributed by atoms with Crippen LogP contribution in [0.2, 0.25) is 5.02 Å². The van der Waals surface area contributed by atoms with E-state index in [4.69, 9.17) is 22.1 Å². The van der Waals surface area contributed by atoms with E-state index < -0.39 is 11.4 Å². The molecule has 2 rings (SSSR count). The Morgan fingerprint density at radius 3 is 2.58 bits per heavy atom. The summed E-state index contributed by atoms with van der Waals surface area (Å²) in [5, 5.41) is 3.36. The van der Waals surface area contributed by atoms with Gasteiger partial charge in [-0.15, -0.1) is 0 Å². The second kappa shape index (κ2) is 5.59. The molecule has 3 N–H and O–H groups in total. The standard InChI is InChI=1S/C13H15ClN2O3/c14-10-4-2-1-3-9(10)5-12(18)16-13(6-11(15)17)7-19-8-13/h1-4H,5-8H2,(H2,15,17)(H,16,18). The summed E-state index contributed by atoms with van der Waals surface area (Å²) < 4.78 is 5.07. The molecule has 6 heteroatoms. The SMILES string of the molecule is NC(=O)CC1(NC(=O)Cc2ccccc2Cl)COC1. The highest BCUT2D eigenvalue weighted by Gasteiger charge is 2.41. The third-order valence-corrected chi connectivity index (χ3v) is 3.35. The van der Waals surface area contributed by atoms with Gasteiger partial charge in [0, 0.05) is 5.02 Å². The first kappa shape index (κ1) is 13.8. The maximum Gasteiger partial charge on any atom is 0.225 e. The molecular formula is C13H15ClN2O3. The Morgan fingerprint density at radius 1 is 1.37 bits per heavy atom. The number of carbonyl (C=O) groups excluding carboxylic acids is 2. The largest absolute Gasteiger partial charge is 0.376 e. The first-order chi connectivity index (χ1) is 9.01. The molecular weight excluding hydrogens is 268 g/mol. The molecule has 0 aliphatic carbocycles. The van der Waals surface area contributed by atoms with Crippen molar-refractivity contribution in [2.24, 2.45) is 5.73 Å². The summed E-state index contributed by atoms with van der Waals surface area (Å²) in [7, 11) is 0. The van der Waals surface area contributed by atoms with Crippen LogP contribution in [-0.2, 0) is 20.7 Å². The van der Waals surface area contributed by atoms with E-state index in [2.05, 4.69) is 5.32 Å². The molecule has 1 saturated heterocycles. The van der Waals surface area contributed by atoms with Crippen LogP contribution in [0.15, 0.2) is 24.3 Å². The quantitative estimate of drug-likeness (QED) is 0.832. The van der Waals surface area contributed by atoms with E-state index in [1.807, 2.05) is 6.07 Å². The molecule has 0 unspecified atom stereocenters. The van der Waals surface area contributed by atoms with Crippen LogP contribution in [0.4, 0.5) is 0 Å². The van der Waals surface area contributed by atoms with Gasteiger partial charge in [-0.1, -0.05) is 29.8 Å². The van der Waals surface area contributed by atoms with Crippen LogP contribution in [0.25, 0.3) is 0 Å². The fourth-order valence-electron chi connectivity index (χ4n) is 2.06. The molecule has 0 spiro atoms. The second-order valence-electron chi connectivity index (χ2n) is 4.73. The highest BCUT2D eigenvalue weighted by atomic mass is 35.5. The summed E-state index contributed by atoms with van der Waals surface area (Å²) in [5.74, 6) is -0.654. The number of rotatable bonds is 5. The number of amides is 2. The molecule has 2 amide bonds. The van der Waals surface area contributed by atoms with Gasteiger partial charge in [0.25, 0.3) is 0 Å². The third kappa shape index (κ3) is 3.45. The number of halogens is 1. The minimum absolute atomic E-state index is 0.0846. The van der Waals surface area contributed by atoms with Crippen LogP contribution in [0.1, 0.15) is 12.0 Å². The monoisotopic (exact) mass is 282 g/mol. The first-order valence-electron chi connectivity index (χ1n) is 5.91. The van der Waals surface area contributed by atoms with E-state index in [0.29, 0.717) is 18.2 Å². The number of nitrogens with two attached hydrogens (primary N) is 1. The van der Waals surface area contributed by atoms with Crippen molar-refractivity contribution in [1.29, 1.82) is 0 Å². The zero-order chi connectivity index (χ0) is 13.9.